The highest BCUT2D eigenvalue weighted by atomic mass is 35.5. The van der Waals surface area contributed by atoms with E-state index < -0.39 is 0 Å². The summed E-state index contributed by atoms with van der Waals surface area (Å²) in [6.45, 7) is 2.15. The van der Waals surface area contributed by atoms with Crippen LogP contribution in [0.25, 0.3) is 0 Å². The van der Waals surface area contributed by atoms with Crippen LogP contribution >= 0.6 is 11.6 Å². The molecular formula is C14H15Cl. The third kappa shape index (κ3) is 2.51. The average molecular weight is 219 g/mol. The number of hydrogen-bond donors (Lipinski definition) is 0. The predicted molar refractivity (Wildman–Crippen MR) is 66.4 cm³/mol. The quantitative estimate of drug-likeness (QED) is 0.519. The van der Waals surface area contributed by atoms with Gasteiger partial charge in [0.05, 0.1) is 5.38 Å². The van der Waals surface area contributed by atoms with Gasteiger partial charge in [-0.2, -0.15) is 0 Å². The number of hydrogen-bond acceptors (Lipinski definition) is 0. The topological polar surface area (TPSA) is 0 Å². The van der Waals surface area contributed by atoms with E-state index in [2.05, 4.69) is 49.4 Å². The van der Waals surface area contributed by atoms with Gasteiger partial charge in [0.25, 0.3) is 0 Å². The molecule has 0 heterocycles. The molecule has 1 unspecified atom stereocenters. The Balaban J connectivity index is 2.16. The molecule has 1 aromatic rings. The summed E-state index contributed by atoms with van der Waals surface area (Å²) in [6, 6.07) is 8.49. The normalized spacial score (nSPS) is 20.1. The molecule has 1 aliphatic carbocycles. The van der Waals surface area contributed by atoms with Crippen LogP contribution in [0.3, 0.4) is 0 Å². The van der Waals surface area contributed by atoms with Crippen LogP contribution in [0.15, 0.2) is 48.1 Å². The molecule has 0 saturated carbocycles. The second kappa shape index (κ2) is 4.67. The number of alkyl halides is 1. The molecule has 0 aliphatic heterocycles. The van der Waals surface area contributed by atoms with Crippen molar-refractivity contribution in [3.63, 3.8) is 0 Å². The van der Waals surface area contributed by atoms with Gasteiger partial charge in [-0.05, 0) is 36.5 Å². The molecular weight excluding hydrogens is 204 g/mol. The van der Waals surface area contributed by atoms with Gasteiger partial charge in [-0.3, -0.25) is 0 Å². The van der Waals surface area contributed by atoms with Crippen LogP contribution in [0.5, 0.6) is 0 Å². The van der Waals surface area contributed by atoms with Crippen LogP contribution in [0, 0.1) is 6.92 Å². The zero-order valence-corrected chi connectivity index (χ0v) is 9.67. The van der Waals surface area contributed by atoms with E-state index in [4.69, 9.17) is 11.6 Å². The predicted octanol–water partition coefficient (Wildman–Crippen LogP) is 4.03. The monoisotopic (exact) mass is 218 g/mol. The highest BCUT2D eigenvalue weighted by molar-refractivity contribution is 6.23. The Kier molecular flexibility index (Phi) is 3.27. The summed E-state index contributed by atoms with van der Waals surface area (Å²) < 4.78 is 0. The Morgan fingerprint density at radius 1 is 1.33 bits per heavy atom. The molecule has 0 saturated heterocycles. The third-order valence-electron chi connectivity index (χ3n) is 2.83. The highest BCUT2D eigenvalue weighted by Gasteiger charge is 2.11. The van der Waals surface area contributed by atoms with Crippen LogP contribution in [0.1, 0.15) is 17.5 Å². The van der Waals surface area contributed by atoms with Gasteiger partial charge in [-0.15, -0.1) is 11.6 Å². The molecule has 0 spiro atoms. The van der Waals surface area contributed by atoms with Crippen molar-refractivity contribution in [2.24, 2.45) is 0 Å². The average Bonchev–Trinajstić information content (AvgIpc) is 2.24. The van der Waals surface area contributed by atoms with Crippen LogP contribution in [-0.2, 0) is 6.42 Å². The molecule has 1 aromatic carbocycles. The zero-order valence-electron chi connectivity index (χ0n) is 8.91. The maximum Gasteiger partial charge on any atom is 0.0729 e. The number of aryl methyl sites for hydroxylation is 1. The molecule has 78 valence electrons. The molecule has 0 radical (unpaired) electrons. The fourth-order valence-electron chi connectivity index (χ4n) is 1.85. The molecule has 15 heavy (non-hydrogen) atoms. The first kappa shape index (κ1) is 10.5. The molecule has 0 amide bonds. The molecule has 0 nitrogen and oxygen atoms in total. The Labute approximate surface area is 96.3 Å². The first-order chi connectivity index (χ1) is 7.27. The lowest BCUT2D eigenvalue weighted by molar-refractivity contribution is 1.01. The summed E-state index contributed by atoms with van der Waals surface area (Å²) in [6.07, 6.45) is 8.44. The zero-order chi connectivity index (χ0) is 10.7. The van der Waals surface area contributed by atoms with Crippen molar-refractivity contribution < 1.29 is 0 Å². The summed E-state index contributed by atoms with van der Waals surface area (Å²) in [5, 5.41) is 0.0818. The number of halogens is 1. The smallest absolute Gasteiger partial charge is 0.0729 e. The molecule has 1 heteroatoms. The Hall–Kier alpha value is -1.01. The molecule has 0 N–H and O–H groups in total. The SMILES string of the molecule is Cc1ccccc1CC1=CCC=CC1Cl. The van der Waals surface area contributed by atoms with Crippen LogP contribution in [0.2, 0.25) is 0 Å². The lowest BCUT2D eigenvalue weighted by Gasteiger charge is -2.15. The van der Waals surface area contributed by atoms with E-state index in [1.807, 2.05) is 0 Å². The fourth-order valence-corrected chi connectivity index (χ4v) is 2.12. The van der Waals surface area contributed by atoms with E-state index in [-0.39, 0.29) is 5.38 Å². The largest absolute Gasteiger partial charge is 0.114 e. The minimum absolute atomic E-state index is 0.0818. The van der Waals surface area contributed by atoms with Gasteiger partial charge >= 0.3 is 0 Å². The van der Waals surface area contributed by atoms with Crippen molar-refractivity contribution in [3.8, 4) is 0 Å². The minimum Gasteiger partial charge on any atom is -0.114 e. The van der Waals surface area contributed by atoms with E-state index in [1.165, 1.54) is 16.7 Å². The van der Waals surface area contributed by atoms with Gasteiger partial charge in [0.1, 0.15) is 0 Å². The first-order valence-corrected chi connectivity index (χ1v) is 5.75. The molecule has 2 rings (SSSR count). The first-order valence-electron chi connectivity index (χ1n) is 5.31. The van der Waals surface area contributed by atoms with Crippen molar-refractivity contribution >= 4 is 11.6 Å². The van der Waals surface area contributed by atoms with Gasteiger partial charge in [0.2, 0.25) is 0 Å². The Morgan fingerprint density at radius 2 is 2.13 bits per heavy atom. The summed E-state index contributed by atoms with van der Waals surface area (Å²) in [5.74, 6) is 0. The Morgan fingerprint density at radius 3 is 2.87 bits per heavy atom. The molecule has 0 fully saturated rings. The second-order valence-corrected chi connectivity index (χ2v) is 4.42. The second-order valence-electron chi connectivity index (χ2n) is 3.95. The highest BCUT2D eigenvalue weighted by Crippen LogP contribution is 2.22. The Bertz CT molecular complexity index is 402. The maximum absolute atomic E-state index is 6.23. The van der Waals surface area contributed by atoms with Crippen molar-refractivity contribution in [2.45, 2.75) is 25.1 Å². The van der Waals surface area contributed by atoms with Gasteiger partial charge in [-0.25, -0.2) is 0 Å². The fraction of sp³-hybridized carbons (Fsp3) is 0.286. The van der Waals surface area contributed by atoms with Gasteiger partial charge in [0.15, 0.2) is 0 Å². The van der Waals surface area contributed by atoms with Crippen molar-refractivity contribution in [2.75, 3.05) is 0 Å². The lowest BCUT2D eigenvalue weighted by atomic mass is 9.95. The van der Waals surface area contributed by atoms with Crippen molar-refractivity contribution in [1.29, 1.82) is 0 Å². The van der Waals surface area contributed by atoms with Crippen molar-refractivity contribution in [3.05, 3.63) is 59.2 Å². The van der Waals surface area contributed by atoms with Gasteiger partial charge < -0.3 is 0 Å². The summed E-state index contributed by atoms with van der Waals surface area (Å²) in [7, 11) is 0. The molecule has 0 aromatic heterocycles. The summed E-state index contributed by atoms with van der Waals surface area (Å²) in [5.41, 5.74) is 4.05. The van der Waals surface area contributed by atoms with Gasteiger partial charge in [0, 0.05) is 0 Å². The number of benzene rings is 1. The standard InChI is InChI=1S/C14H15Cl/c1-11-6-2-3-7-12(11)10-13-8-4-5-9-14(13)15/h2-3,5-9,14H,4,10H2,1H3. The van der Waals surface area contributed by atoms with Gasteiger partial charge in [-0.1, -0.05) is 42.5 Å². The van der Waals surface area contributed by atoms with E-state index in [9.17, 15) is 0 Å². The molecule has 1 aliphatic rings. The van der Waals surface area contributed by atoms with Crippen molar-refractivity contribution in [1.82, 2.24) is 0 Å². The van der Waals surface area contributed by atoms with E-state index in [0.717, 1.165) is 12.8 Å². The maximum atomic E-state index is 6.23. The number of allylic oxidation sites excluding steroid dienone is 4. The number of rotatable bonds is 2. The minimum atomic E-state index is 0.0818. The van der Waals surface area contributed by atoms with Crippen LogP contribution in [0.4, 0.5) is 0 Å². The van der Waals surface area contributed by atoms with E-state index in [1.54, 1.807) is 0 Å². The van der Waals surface area contributed by atoms with Crippen LogP contribution in [-0.4, -0.2) is 5.38 Å². The summed E-state index contributed by atoms with van der Waals surface area (Å²) >= 11 is 6.23. The van der Waals surface area contributed by atoms with E-state index >= 15 is 0 Å². The third-order valence-corrected chi connectivity index (χ3v) is 3.26. The lowest BCUT2D eigenvalue weighted by Crippen LogP contribution is -2.06. The molecule has 0 bridgehead atoms. The summed E-state index contributed by atoms with van der Waals surface area (Å²) in [4.78, 5) is 0. The van der Waals surface area contributed by atoms with Crippen LogP contribution < -0.4 is 0 Å². The molecule has 1 atom stereocenters. The van der Waals surface area contributed by atoms with E-state index in [0.29, 0.717) is 0 Å².